The molecule has 0 fully saturated rings. The SMILES string of the molecule is CC(C)C(CNC(=O)c1ccc(NN)cc1)C(C)C. The molecule has 0 aliphatic heterocycles. The van der Waals surface area contributed by atoms with E-state index in [9.17, 15) is 4.79 Å². The van der Waals surface area contributed by atoms with Crippen LogP contribution in [0.5, 0.6) is 0 Å². The van der Waals surface area contributed by atoms with Gasteiger partial charge in [-0.15, -0.1) is 0 Å². The minimum Gasteiger partial charge on any atom is -0.352 e. The van der Waals surface area contributed by atoms with Gasteiger partial charge in [0.2, 0.25) is 0 Å². The Balaban J connectivity index is 2.58. The lowest BCUT2D eigenvalue weighted by molar-refractivity contribution is 0.0937. The highest BCUT2D eigenvalue weighted by Gasteiger charge is 2.18. The van der Waals surface area contributed by atoms with Crippen molar-refractivity contribution in [1.29, 1.82) is 0 Å². The highest BCUT2D eigenvalue weighted by Crippen LogP contribution is 2.19. The molecule has 1 aromatic carbocycles. The fourth-order valence-corrected chi connectivity index (χ4v) is 2.27. The van der Waals surface area contributed by atoms with Crippen LogP contribution in [0.4, 0.5) is 5.69 Å². The van der Waals surface area contributed by atoms with Gasteiger partial charge in [0, 0.05) is 17.8 Å². The highest BCUT2D eigenvalue weighted by atomic mass is 16.1. The number of benzene rings is 1. The quantitative estimate of drug-likeness (QED) is 0.546. The Bertz CT molecular complexity index is 390. The average Bonchev–Trinajstić information content (AvgIpc) is 2.38. The molecule has 0 aliphatic carbocycles. The van der Waals surface area contributed by atoms with E-state index in [1.807, 2.05) is 0 Å². The smallest absolute Gasteiger partial charge is 0.251 e. The van der Waals surface area contributed by atoms with Crippen molar-refractivity contribution >= 4 is 11.6 Å². The summed E-state index contributed by atoms with van der Waals surface area (Å²) in [5.41, 5.74) is 3.99. The number of hydrogen-bond acceptors (Lipinski definition) is 3. The largest absolute Gasteiger partial charge is 0.352 e. The number of carbonyl (C=O) groups excluding carboxylic acids is 1. The molecule has 4 nitrogen and oxygen atoms in total. The van der Waals surface area contributed by atoms with Crippen LogP contribution >= 0.6 is 0 Å². The molecule has 19 heavy (non-hydrogen) atoms. The van der Waals surface area contributed by atoms with Crippen LogP contribution in [0.2, 0.25) is 0 Å². The molecule has 0 unspecified atom stereocenters. The van der Waals surface area contributed by atoms with Crippen molar-refractivity contribution in [2.45, 2.75) is 27.7 Å². The van der Waals surface area contributed by atoms with Gasteiger partial charge in [0.05, 0.1) is 0 Å². The van der Waals surface area contributed by atoms with E-state index < -0.39 is 0 Å². The number of nitrogens with one attached hydrogen (secondary N) is 2. The topological polar surface area (TPSA) is 67.2 Å². The van der Waals surface area contributed by atoms with Crippen molar-refractivity contribution in [3.8, 4) is 0 Å². The normalized spacial score (nSPS) is 11.2. The first-order valence-electron chi connectivity index (χ1n) is 6.80. The van der Waals surface area contributed by atoms with Crippen molar-refractivity contribution in [2.75, 3.05) is 12.0 Å². The number of amides is 1. The van der Waals surface area contributed by atoms with Crippen LogP contribution in [-0.2, 0) is 0 Å². The Morgan fingerprint density at radius 1 is 1.11 bits per heavy atom. The second-order valence-electron chi connectivity index (χ2n) is 5.58. The fourth-order valence-electron chi connectivity index (χ4n) is 2.27. The van der Waals surface area contributed by atoms with E-state index in [1.54, 1.807) is 24.3 Å². The maximum absolute atomic E-state index is 12.0. The zero-order valence-electron chi connectivity index (χ0n) is 12.2. The zero-order chi connectivity index (χ0) is 14.4. The van der Waals surface area contributed by atoms with E-state index in [2.05, 4.69) is 38.4 Å². The minimum absolute atomic E-state index is 0.0325. The van der Waals surface area contributed by atoms with Crippen LogP contribution in [0.1, 0.15) is 38.1 Å². The predicted molar refractivity (Wildman–Crippen MR) is 79.8 cm³/mol. The van der Waals surface area contributed by atoms with Crippen LogP contribution in [0.15, 0.2) is 24.3 Å². The molecule has 0 saturated heterocycles. The lowest BCUT2D eigenvalue weighted by Gasteiger charge is -2.25. The summed E-state index contributed by atoms with van der Waals surface area (Å²) in [4.78, 5) is 12.0. The van der Waals surface area contributed by atoms with E-state index >= 15 is 0 Å². The minimum atomic E-state index is -0.0325. The lowest BCUT2D eigenvalue weighted by Crippen LogP contribution is -2.33. The van der Waals surface area contributed by atoms with Crippen LogP contribution in [0.25, 0.3) is 0 Å². The number of rotatable bonds is 6. The van der Waals surface area contributed by atoms with Gasteiger partial charge in [0.25, 0.3) is 5.91 Å². The molecule has 1 amide bonds. The summed E-state index contributed by atoms with van der Waals surface area (Å²) in [5, 5.41) is 3.01. The summed E-state index contributed by atoms with van der Waals surface area (Å²) < 4.78 is 0. The summed E-state index contributed by atoms with van der Waals surface area (Å²) >= 11 is 0. The molecule has 1 aromatic rings. The molecule has 0 bridgehead atoms. The van der Waals surface area contributed by atoms with Gasteiger partial charge in [-0.1, -0.05) is 27.7 Å². The molecule has 0 aliphatic rings. The molecule has 0 heterocycles. The van der Waals surface area contributed by atoms with Crippen molar-refractivity contribution < 1.29 is 4.79 Å². The third-order valence-electron chi connectivity index (χ3n) is 3.52. The Kier molecular flexibility index (Phi) is 5.83. The van der Waals surface area contributed by atoms with Crippen molar-refractivity contribution in [1.82, 2.24) is 5.32 Å². The molecule has 4 N–H and O–H groups in total. The Labute approximate surface area is 115 Å². The molecule has 1 rings (SSSR count). The van der Waals surface area contributed by atoms with Gasteiger partial charge in [0.1, 0.15) is 0 Å². The van der Waals surface area contributed by atoms with E-state index in [0.29, 0.717) is 29.9 Å². The molecule has 106 valence electrons. The third-order valence-corrected chi connectivity index (χ3v) is 3.52. The van der Waals surface area contributed by atoms with Gasteiger partial charge in [-0.05, 0) is 42.0 Å². The maximum atomic E-state index is 12.0. The summed E-state index contributed by atoms with van der Waals surface area (Å²) in [6.07, 6.45) is 0. The first-order valence-corrected chi connectivity index (χ1v) is 6.80. The van der Waals surface area contributed by atoms with Crippen LogP contribution in [0.3, 0.4) is 0 Å². The number of carbonyl (C=O) groups is 1. The third kappa shape index (κ3) is 4.56. The number of nitrogens with two attached hydrogens (primary N) is 1. The average molecular weight is 263 g/mol. The second-order valence-corrected chi connectivity index (χ2v) is 5.58. The summed E-state index contributed by atoms with van der Waals surface area (Å²) in [5.74, 6) is 6.87. The zero-order valence-corrected chi connectivity index (χ0v) is 12.2. The van der Waals surface area contributed by atoms with Crippen molar-refractivity contribution in [3.05, 3.63) is 29.8 Å². The van der Waals surface area contributed by atoms with Gasteiger partial charge in [-0.2, -0.15) is 0 Å². The van der Waals surface area contributed by atoms with Gasteiger partial charge < -0.3 is 10.7 Å². The number of hydrazine groups is 1. The number of nitrogen functional groups attached to an aromatic ring is 1. The fraction of sp³-hybridized carbons (Fsp3) is 0.533. The summed E-state index contributed by atoms with van der Waals surface area (Å²) in [6.45, 7) is 9.49. The molecule has 0 atom stereocenters. The molecule has 0 spiro atoms. The van der Waals surface area contributed by atoms with Crippen molar-refractivity contribution in [3.63, 3.8) is 0 Å². The Hall–Kier alpha value is -1.55. The van der Waals surface area contributed by atoms with Gasteiger partial charge in [0.15, 0.2) is 0 Å². The van der Waals surface area contributed by atoms with E-state index in [0.717, 1.165) is 5.69 Å². The molecule has 0 radical (unpaired) electrons. The number of anilines is 1. The monoisotopic (exact) mass is 263 g/mol. The van der Waals surface area contributed by atoms with Crippen molar-refractivity contribution in [2.24, 2.45) is 23.6 Å². The van der Waals surface area contributed by atoms with Crippen LogP contribution in [-0.4, -0.2) is 12.5 Å². The lowest BCUT2D eigenvalue weighted by atomic mass is 9.85. The maximum Gasteiger partial charge on any atom is 0.251 e. The molecular formula is C15H25N3O. The second kappa shape index (κ2) is 7.14. The molecule has 0 saturated carbocycles. The number of hydrogen-bond donors (Lipinski definition) is 3. The first kappa shape index (κ1) is 15.5. The van der Waals surface area contributed by atoms with Gasteiger partial charge in [-0.3, -0.25) is 10.6 Å². The van der Waals surface area contributed by atoms with E-state index in [-0.39, 0.29) is 5.91 Å². The van der Waals surface area contributed by atoms with E-state index in [4.69, 9.17) is 5.84 Å². The summed E-state index contributed by atoms with van der Waals surface area (Å²) in [6, 6.07) is 7.11. The molecular weight excluding hydrogens is 238 g/mol. The van der Waals surface area contributed by atoms with Crippen LogP contribution in [0, 0.1) is 17.8 Å². The standard InChI is InChI=1S/C15H25N3O/c1-10(2)14(11(3)4)9-17-15(19)12-5-7-13(18-16)8-6-12/h5-8,10-11,14,18H,9,16H2,1-4H3,(H,17,19). The highest BCUT2D eigenvalue weighted by molar-refractivity contribution is 5.94. The predicted octanol–water partition coefficient (Wildman–Crippen LogP) is 2.63. The molecule has 0 aromatic heterocycles. The Morgan fingerprint density at radius 3 is 2.05 bits per heavy atom. The Morgan fingerprint density at radius 2 is 1.63 bits per heavy atom. The summed E-state index contributed by atoms with van der Waals surface area (Å²) in [7, 11) is 0. The van der Waals surface area contributed by atoms with Gasteiger partial charge >= 0.3 is 0 Å². The van der Waals surface area contributed by atoms with E-state index in [1.165, 1.54) is 0 Å². The molecule has 4 heteroatoms. The first-order chi connectivity index (χ1) is 8.95. The van der Waals surface area contributed by atoms with Crippen LogP contribution < -0.4 is 16.6 Å². The van der Waals surface area contributed by atoms with Gasteiger partial charge in [-0.25, -0.2) is 0 Å².